The van der Waals surface area contributed by atoms with Gasteiger partial charge in [0.2, 0.25) is 6.79 Å². The first-order valence-corrected chi connectivity index (χ1v) is 8.22. The molecular weight excluding hydrogens is 362 g/mol. The third-order valence-electron chi connectivity index (χ3n) is 3.43. The van der Waals surface area contributed by atoms with Gasteiger partial charge in [-0.15, -0.1) is 0 Å². The molecule has 136 valence electrons. The Hall–Kier alpha value is -2.93. The van der Waals surface area contributed by atoms with Gasteiger partial charge in [0, 0.05) is 0 Å². The summed E-state index contributed by atoms with van der Waals surface area (Å²) >= 11 is 6.01. The monoisotopic (exact) mass is 377 g/mol. The number of amides is 1. The number of nitrogens with one attached hydrogen (secondary N) is 1. The van der Waals surface area contributed by atoms with Gasteiger partial charge in [-0.25, -0.2) is 4.79 Å². The third kappa shape index (κ3) is 4.58. The maximum Gasteiger partial charge on any atom is 0.338 e. The van der Waals surface area contributed by atoms with E-state index in [0.717, 1.165) is 0 Å². The number of hydrogen-bond acceptors (Lipinski definition) is 6. The molecule has 1 aliphatic rings. The van der Waals surface area contributed by atoms with Gasteiger partial charge in [0.05, 0.1) is 17.1 Å². The molecule has 1 heterocycles. The lowest BCUT2D eigenvalue weighted by Crippen LogP contribution is -2.32. The van der Waals surface area contributed by atoms with E-state index in [9.17, 15) is 9.59 Å². The first kappa shape index (κ1) is 17.9. The molecule has 0 aromatic heterocycles. The first-order chi connectivity index (χ1) is 12.6. The van der Waals surface area contributed by atoms with E-state index in [1.54, 1.807) is 0 Å². The number of halogens is 1. The van der Waals surface area contributed by atoms with Crippen molar-refractivity contribution in [2.75, 3.05) is 26.6 Å². The molecule has 26 heavy (non-hydrogen) atoms. The highest BCUT2D eigenvalue weighted by atomic mass is 35.5. The standard InChI is InChI=1S/C18H16ClNO6/c19-14-8-12(9-15-17(14)26-11-25-15)18(22)24-10-16(21)20-6-7-23-13-4-2-1-3-5-13/h1-5,8-9H,6-7,10-11H2,(H,20,21). The zero-order valence-electron chi connectivity index (χ0n) is 13.7. The summed E-state index contributed by atoms with van der Waals surface area (Å²) in [6.07, 6.45) is 0. The van der Waals surface area contributed by atoms with Crippen molar-refractivity contribution in [2.24, 2.45) is 0 Å². The van der Waals surface area contributed by atoms with Crippen LogP contribution in [0.2, 0.25) is 5.02 Å². The summed E-state index contributed by atoms with van der Waals surface area (Å²) < 4.78 is 20.8. The molecule has 8 heteroatoms. The fourth-order valence-electron chi connectivity index (χ4n) is 2.23. The highest BCUT2D eigenvalue weighted by Gasteiger charge is 2.21. The SMILES string of the molecule is O=C(COC(=O)c1cc(Cl)c2c(c1)OCO2)NCCOc1ccccc1. The fourth-order valence-corrected chi connectivity index (χ4v) is 2.49. The van der Waals surface area contributed by atoms with Crippen molar-refractivity contribution in [2.45, 2.75) is 0 Å². The second-order valence-corrected chi connectivity index (χ2v) is 5.69. The summed E-state index contributed by atoms with van der Waals surface area (Å²) in [7, 11) is 0. The zero-order valence-corrected chi connectivity index (χ0v) is 14.5. The van der Waals surface area contributed by atoms with E-state index in [1.165, 1.54) is 12.1 Å². The van der Waals surface area contributed by atoms with Gasteiger partial charge < -0.3 is 24.3 Å². The van der Waals surface area contributed by atoms with Gasteiger partial charge in [0.25, 0.3) is 5.91 Å². The van der Waals surface area contributed by atoms with E-state index >= 15 is 0 Å². The topological polar surface area (TPSA) is 83.1 Å². The van der Waals surface area contributed by atoms with E-state index in [0.29, 0.717) is 30.4 Å². The summed E-state index contributed by atoms with van der Waals surface area (Å²) in [6, 6.07) is 12.1. The molecule has 1 N–H and O–H groups in total. The molecule has 0 saturated carbocycles. The van der Waals surface area contributed by atoms with E-state index < -0.39 is 18.5 Å². The van der Waals surface area contributed by atoms with Gasteiger partial charge in [-0.05, 0) is 24.3 Å². The number of rotatable bonds is 7. The summed E-state index contributed by atoms with van der Waals surface area (Å²) in [5.74, 6) is 0.363. The largest absolute Gasteiger partial charge is 0.492 e. The van der Waals surface area contributed by atoms with Crippen LogP contribution in [0, 0.1) is 0 Å². The van der Waals surface area contributed by atoms with E-state index in [2.05, 4.69) is 5.32 Å². The minimum absolute atomic E-state index is 0.0427. The number of benzene rings is 2. The van der Waals surface area contributed by atoms with Crippen LogP contribution in [0.1, 0.15) is 10.4 Å². The van der Waals surface area contributed by atoms with Crippen LogP contribution in [-0.2, 0) is 9.53 Å². The highest BCUT2D eigenvalue weighted by molar-refractivity contribution is 6.32. The summed E-state index contributed by atoms with van der Waals surface area (Å²) in [6.45, 7) is 0.236. The lowest BCUT2D eigenvalue weighted by Gasteiger charge is -2.09. The van der Waals surface area contributed by atoms with Gasteiger partial charge >= 0.3 is 5.97 Å². The van der Waals surface area contributed by atoms with Crippen molar-refractivity contribution in [3.8, 4) is 17.2 Å². The minimum Gasteiger partial charge on any atom is -0.492 e. The van der Waals surface area contributed by atoms with Crippen LogP contribution in [0.15, 0.2) is 42.5 Å². The molecule has 0 atom stereocenters. The van der Waals surface area contributed by atoms with Gasteiger partial charge in [0.15, 0.2) is 18.1 Å². The Morgan fingerprint density at radius 3 is 2.77 bits per heavy atom. The van der Waals surface area contributed by atoms with E-state index in [1.807, 2.05) is 30.3 Å². The second-order valence-electron chi connectivity index (χ2n) is 5.28. The Morgan fingerprint density at radius 1 is 1.15 bits per heavy atom. The van der Waals surface area contributed by atoms with Crippen LogP contribution >= 0.6 is 11.6 Å². The first-order valence-electron chi connectivity index (χ1n) is 7.84. The fraction of sp³-hybridized carbons (Fsp3) is 0.222. The summed E-state index contributed by atoms with van der Waals surface area (Å²) in [4.78, 5) is 23.8. The highest BCUT2D eigenvalue weighted by Crippen LogP contribution is 2.39. The van der Waals surface area contributed by atoms with Gasteiger partial charge in [-0.3, -0.25) is 4.79 Å². The molecule has 0 aliphatic carbocycles. The minimum atomic E-state index is -0.680. The molecule has 3 rings (SSSR count). The predicted molar refractivity (Wildman–Crippen MR) is 92.8 cm³/mol. The second kappa shape index (κ2) is 8.44. The lowest BCUT2D eigenvalue weighted by molar-refractivity contribution is -0.124. The van der Waals surface area contributed by atoms with Gasteiger partial charge in [-0.2, -0.15) is 0 Å². The smallest absolute Gasteiger partial charge is 0.338 e. The van der Waals surface area contributed by atoms with E-state index in [4.69, 9.17) is 30.5 Å². The van der Waals surface area contributed by atoms with Crippen LogP contribution in [0.3, 0.4) is 0 Å². The Labute approximate surface area is 154 Å². The summed E-state index contributed by atoms with van der Waals surface area (Å²) in [5.41, 5.74) is 0.180. The molecule has 0 saturated heterocycles. The normalized spacial score (nSPS) is 11.7. The quantitative estimate of drug-likeness (QED) is 0.589. The van der Waals surface area contributed by atoms with Crippen molar-refractivity contribution in [1.82, 2.24) is 5.32 Å². The number of carbonyl (C=O) groups is 2. The number of esters is 1. The average molecular weight is 378 g/mol. The third-order valence-corrected chi connectivity index (χ3v) is 3.71. The molecule has 7 nitrogen and oxygen atoms in total. The van der Waals surface area contributed by atoms with Crippen molar-refractivity contribution < 1.29 is 28.5 Å². The number of hydrogen-bond donors (Lipinski definition) is 1. The maximum absolute atomic E-state index is 12.0. The van der Waals surface area contributed by atoms with Crippen LogP contribution in [0.5, 0.6) is 17.2 Å². The van der Waals surface area contributed by atoms with Crippen LogP contribution < -0.4 is 19.5 Å². The van der Waals surface area contributed by atoms with Crippen molar-refractivity contribution in [3.63, 3.8) is 0 Å². The van der Waals surface area contributed by atoms with Crippen LogP contribution in [0.4, 0.5) is 0 Å². The van der Waals surface area contributed by atoms with Gasteiger partial charge in [0.1, 0.15) is 12.4 Å². The van der Waals surface area contributed by atoms with E-state index in [-0.39, 0.29) is 17.4 Å². The molecule has 0 bridgehead atoms. The van der Waals surface area contributed by atoms with Crippen molar-refractivity contribution in [1.29, 1.82) is 0 Å². The van der Waals surface area contributed by atoms with Crippen molar-refractivity contribution in [3.05, 3.63) is 53.1 Å². The Balaban J connectivity index is 1.40. The molecular formula is C18H16ClNO6. The molecule has 1 aliphatic heterocycles. The molecule has 1 amide bonds. The number of carbonyl (C=O) groups excluding carboxylic acids is 2. The molecule has 0 fully saturated rings. The van der Waals surface area contributed by atoms with Crippen LogP contribution in [-0.4, -0.2) is 38.4 Å². The number of fused-ring (bicyclic) bond motifs is 1. The number of ether oxygens (including phenoxy) is 4. The molecule has 0 radical (unpaired) electrons. The molecule has 2 aromatic rings. The van der Waals surface area contributed by atoms with Crippen molar-refractivity contribution >= 4 is 23.5 Å². The molecule has 0 unspecified atom stereocenters. The number of para-hydroxylation sites is 1. The summed E-state index contributed by atoms with van der Waals surface area (Å²) in [5, 5.41) is 2.85. The Bertz CT molecular complexity index is 796. The molecule has 2 aromatic carbocycles. The van der Waals surface area contributed by atoms with Crippen LogP contribution in [0.25, 0.3) is 0 Å². The average Bonchev–Trinajstić information content (AvgIpc) is 3.13. The molecule has 0 spiro atoms. The predicted octanol–water partition coefficient (Wildman–Crippen LogP) is 2.42. The zero-order chi connectivity index (χ0) is 18.4. The lowest BCUT2D eigenvalue weighted by atomic mass is 10.2. The van der Waals surface area contributed by atoms with Gasteiger partial charge in [-0.1, -0.05) is 29.8 Å². The Morgan fingerprint density at radius 2 is 1.96 bits per heavy atom. The Kier molecular flexibility index (Phi) is 5.80. The maximum atomic E-state index is 12.0.